The minimum absolute atomic E-state index is 0.0202. The second-order valence-corrected chi connectivity index (χ2v) is 12.3. The molecule has 3 unspecified atom stereocenters. The van der Waals surface area contributed by atoms with Gasteiger partial charge in [0.15, 0.2) is 0 Å². The van der Waals surface area contributed by atoms with Gasteiger partial charge in [0.1, 0.15) is 12.7 Å². The Hall–Kier alpha value is -4.34. The van der Waals surface area contributed by atoms with E-state index in [1.807, 2.05) is 41.5 Å². The highest BCUT2D eigenvalue weighted by atomic mass is 16.6. The molecule has 0 fully saturated rings. The average Bonchev–Trinajstić information content (AvgIpc) is 2.90. The summed E-state index contributed by atoms with van der Waals surface area (Å²) >= 11 is 0. The summed E-state index contributed by atoms with van der Waals surface area (Å²) in [6.45, 7) is 16.9. The van der Waals surface area contributed by atoms with Crippen LogP contribution in [0.15, 0.2) is 46.4 Å². The number of isocyanates is 2. The molecule has 0 aliphatic rings. The Balaban J connectivity index is 1.80. The number of carbonyl (C=O) groups excluding carboxylic acids is 4. The maximum absolute atomic E-state index is 12.5. The zero-order valence-corrected chi connectivity index (χ0v) is 27.5. The van der Waals surface area contributed by atoms with E-state index in [1.165, 1.54) is 12.2 Å². The molecule has 2 amide bonds. The molecule has 0 bridgehead atoms. The van der Waals surface area contributed by atoms with Crippen LogP contribution in [0.3, 0.4) is 0 Å². The lowest BCUT2D eigenvalue weighted by Gasteiger charge is -2.36. The van der Waals surface area contributed by atoms with Gasteiger partial charge >= 0.3 is 12.2 Å². The van der Waals surface area contributed by atoms with Gasteiger partial charge in [-0.3, -0.25) is 10.6 Å². The van der Waals surface area contributed by atoms with Gasteiger partial charge in [-0.05, 0) is 97.7 Å². The highest BCUT2D eigenvalue weighted by Gasteiger charge is 2.31. The van der Waals surface area contributed by atoms with E-state index in [-0.39, 0.29) is 12.7 Å². The van der Waals surface area contributed by atoms with Gasteiger partial charge in [0.25, 0.3) is 0 Å². The van der Waals surface area contributed by atoms with E-state index in [0.29, 0.717) is 35.6 Å². The summed E-state index contributed by atoms with van der Waals surface area (Å²) in [6, 6.07) is 9.97. The number of benzene rings is 2. The number of amides is 2. The molecule has 0 aliphatic carbocycles. The summed E-state index contributed by atoms with van der Waals surface area (Å²) in [4.78, 5) is 53.2. The molecule has 0 aliphatic heterocycles. The molecule has 0 saturated carbocycles. The van der Waals surface area contributed by atoms with Gasteiger partial charge in [0, 0.05) is 24.2 Å². The number of aliphatic imine (C=N–C) groups is 2. The number of rotatable bonds is 15. The topological polar surface area (TPSA) is 154 Å². The van der Waals surface area contributed by atoms with Crippen LogP contribution >= 0.6 is 0 Å². The van der Waals surface area contributed by atoms with E-state index in [9.17, 15) is 19.2 Å². The quantitative estimate of drug-likeness (QED) is 0.152. The number of hydrogen-bond acceptors (Lipinski definition) is 10. The van der Waals surface area contributed by atoms with Crippen LogP contribution in [0, 0.1) is 13.8 Å². The number of ether oxygens (including phenoxy) is 4. The third-order valence-electron chi connectivity index (χ3n) is 6.60. The van der Waals surface area contributed by atoms with Crippen molar-refractivity contribution in [3.8, 4) is 0 Å². The summed E-state index contributed by atoms with van der Waals surface area (Å²) in [5.74, 6) is 0. The number of anilines is 2. The van der Waals surface area contributed by atoms with E-state index in [1.54, 1.807) is 57.2 Å². The van der Waals surface area contributed by atoms with Crippen molar-refractivity contribution in [3.63, 3.8) is 0 Å². The van der Waals surface area contributed by atoms with Crippen LogP contribution in [-0.2, 0) is 28.5 Å². The summed E-state index contributed by atoms with van der Waals surface area (Å²) < 4.78 is 23.3. The zero-order valence-electron chi connectivity index (χ0n) is 27.5. The first-order valence-corrected chi connectivity index (χ1v) is 14.7. The molecule has 2 aromatic rings. The Kier molecular flexibility index (Phi) is 13.6. The predicted octanol–water partition coefficient (Wildman–Crippen LogP) is 7.57. The minimum atomic E-state index is -0.660. The van der Waals surface area contributed by atoms with Crippen LogP contribution in [0.2, 0.25) is 0 Å². The first kappa shape index (κ1) is 36.8. The maximum atomic E-state index is 12.5. The standard InChI is InChI=1S/C33H44N4O8/c1-21-10-12-26(14-28(21)34-19-38)36-30(40)42-18-25(5)45-33(8,9)17-24(4)44-32(6,7)16-23(3)43-31(41)37-27-13-11-22(2)29(15-27)35-20-39/h10-15,23-25H,16-18H2,1-9H3,(H,36,40)(H,37,41). The molecule has 0 spiro atoms. The van der Waals surface area contributed by atoms with Crippen LogP contribution in [0.1, 0.15) is 72.4 Å². The minimum Gasteiger partial charge on any atom is -0.447 e. The highest BCUT2D eigenvalue weighted by molar-refractivity contribution is 5.86. The number of nitrogens with one attached hydrogen (secondary N) is 2. The van der Waals surface area contributed by atoms with Crippen LogP contribution in [0.25, 0.3) is 0 Å². The molecule has 0 radical (unpaired) electrons. The molecular formula is C33H44N4O8. The van der Waals surface area contributed by atoms with Crippen molar-refractivity contribution < 1.29 is 38.1 Å². The molecule has 12 nitrogen and oxygen atoms in total. The molecule has 0 heterocycles. The van der Waals surface area contributed by atoms with Gasteiger partial charge in [-0.1, -0.05) is 12.1 Å². The number of nitrogens with zero attached hydrogens (tertiary/aromatic N) is 2. The smallest absolute Gasteiger partial charge is 0.411 e. The second kappa shape index (κ2) is 16.7. The molecule has 3 atom stereocenters. The van der Waals surface area contributed by atoms with Crippen molar-refractivity contribution in [2.75, 3.05) is 17.2 Å². The van der Waals surface area contributed by atoms with Gasteiger partial charge < -0.3 is 18.9 Å². The molecule has 12 heteroatoms. The molecule has 45 heavy (non-hydrogen) atoms. The fourth-order valence-electron chi connectivity index (χ4n) is 5.08. The predicted molar refractivity (Wildman–Crippen MR) is 171 cm³/mol. The molecule has 0 saturated heterocycles. The molecule has 2 aromatic carbocycles. The van der Waals surface area contributed by atoms with Gasteiger partial charge in [0.2, 0.25) is 12.2 Å². The monoisotopic (exact) mass is 624 g/mol. The van der Waals surface area contributed by atoms with Crippen molar-refractivity contribution >= 4 is 47.1 Å². The van der Waals surface area contributed by atoms with Crippen molar-refractivity contribution in [2.45, 2.75) is 105 Å². The fourth-order valence-corrected chi connectivity index (χ4v) is 5.08. The number of carbonyl (C=O) groups is 2. The summed E-state index contributed by atoms with van der Waals surface area (Å²) in [7, 11) is 0. The first-order valence-electron chi connectivity index (χ1n) is 14.7. The molecule has 2 rings (SSSR count). The maximum Gasteiger partial charge on any atom is 0.411 e. The van der Waals surface area contributed by atoms with Gasteiger partial charge in [-0.25, -0.2) is 19.2 Å². The molecule has 0 aromatic heterocycles. The Morgan fingerprint density at radius 2 is 1.18 bits per heavy atom. The van der Waals surface area contributed by atoms with Crippen molar-refractivity contribution in [3.05, 3.63) is 47.5 Å². The number of aryl methyl sites for hydroxylation is 2. The Morgan fingerprint density at radius 3 is 1.67 bits per heavy atom. The lowest BCUT2D eigenvalue weighted by Crippen LogP contribution is -2.39. The largest absolute Gasteiger partial charge is 0.447 e. The SMILES string of the molecule is Cc1ccc(NC(=O)OCC(C)OC(C)(C)CC(C)OC(C)(C)CC(C)OC(=O)Nc2ccc(C)c(N=C=O)c2)cc1N=C=O. The van der Waals surface area contributed by atoms with Crippen molar-refractivity contribution in [2.24, 2.45) is 9.98 Å². The van der Waals surface area contributed by atoms with Crippen LogP contribution in [-0.4, -0.2) is 60.5 Å². The lowest BCUT2D eigenvalue weighted by atomic mass is 9.98. The number of hydrogen-bond donors (Lipinski definition) is 2. The Morgan fingerprint density at radius 1 is 0.733 bits per heavy atom. The van der Waals surface area contributed by atoms with E-state index in [2.05, 4.69) is 20.6 Å². The van der Waals surface area contributed by atoms with Gasteiger partial charge in [0.05, 0.1) is 34.8 Å². The Labute approximate surface area is 264 Å². The van der Waals surface area contributed by atoms with Crippen molar-refractivity contribution in [1.82, 2.24) is 0 Å². The van der Waals surface area contributed by atoms with Crippen LogP contribution in [0.4, 0.5) is 32.3 Å². The van der Waals surface area contributed by atoms with E-state index >= 15 is 0 Å². The third kappa shape index (κ3) is 13.5. The van der Waals surface area contributed by atoms with Gasteiger partial charge in [-0.2, -0.15) is 9.98 Å². The molecular weight excluding hydrogens is 580 g/mol. The zero-order chi connectivity index (χ0) is 33.8. The van der Waals surface area contributed by atoms with Crippen LogP contribution < -0.4 is 10.6 Å². The summed E-state index contributed by atoms with van der Waals surface area (Å²) in [5, 5.41) is 5.27. The third-order valence-corrected chi connectivity index (χ3v) is 6.60. The summed E-state index contributed by atoms with van der Waals surface area (Å²) in [6.07, 6.45) is 1.62. The molecule has 244 valence electrons. The normalized spacial score (nSPS) is 13.4. The second-order valence-electron chi connectivity index (χ2n) is 12.3. The van der Waals surface area contributed by atoms with Gasteiger partial charge in [-0.15, -0.1) is 0 Å². The average molecular weight is 625 g/mol. The Bertz CT molecular complexity index is 1430. The van der Waals surface area contributed by atoms with Crippen LogP contribution in [0.5, 0.6) is 0 Å². The van der Waals surface area contributed by atoms with E-state index < -0.39 is 35.6 Å². The highest BCUT2D eigenvalue weighted by Crippen LogP contribution is 2.28. The first-order chi connectivity index (χ1) is 21.0. The van der Waals surface area contributed by atoms with Crippen molar-refractivity contribution in [1.29, 1.82) is 0 Å². The lowest BCUT2D eigenvalue weighted by molar-refractivity contribution is -0.136. The van der Waals surface area contributed by atoms with E-state index in [4.69, 9.17) is 18.9 Å². The van der Waals surface area contributed by atoms with E-state index in [0.717, 1.165) is 11.1 Å². The summed E-state index contributed by atoms with van der Waals surface area (Å²) in [5.41, 5.74) is 2.04. The molecule has 2 N–H and O–H groups in total. The fraction of sp³-hybridized carbons (Fsp3) is 0.515.